The van der Waals surface area contributed by atoms with Gasteiger partial charge in [0, 0.05) is 25.7 Å². The van der Waals surface area contributed by atoms with Gasteiger partial charge in [0.2, 0.25) is 5.76 Å². The second kappa shape index (κ2) is 10.0. The summed E-state index contributed by atoms with van der Waals surface area (Å²) in [6.07, 6.45) is -2.72. The molecule has 1 rings (SSSR count). The van der Waals surface area contributed by atoms with Gasteiger partial charge >= 0.3 is 23.9 Å². The smallest absolute Gasteiger partial charge is 0.372 e. The zero-order valence-corrected chi connectivity index (χ0v) is 15.1. The molecule has 27 heavy (non-hydrogen) atoms. The van der Waals surface area contributed by atoms with Crippen LogP contribution in [-0.2, 0) is 42.9 Å². The summed E-state index contributed by atoms with van der Waals surface area (Å²) in [5.41, 5.74) is 8.78. The van der Waals surface area contributed by atoms with Crippen molar-refractivity contribution >= 4 is 23.9 Å². The van der Waals surface area contributed by atoms with Crippen LogP contribution < -0.4 is 0 Å². The minimum Gasteiger partial charge on any atom is -0.475 e. The van der Waals surface area contributed by atoms with Gasteiger partial charge in [-0.1, -0.05) is 5.11 Å². The maximum Gasteiger partial charge on any atom is 0.372 e. The molecule has 0 aromatic heterocycles. The lowest BCUT2D eigenvalue weighted by Crippen LogP contribution is -2.53. The minimum atomic E-state index is -1.31. The number of hydrogen-bond donors (Lipinski definition) is 0. The van der Waals surface area contributed by atoms with Gasteiger partial charge in [0.05, 0.1) is 7.11 Å². The molecule has 0 fully saturated rings. The van der Waals surface area contributed by atoms with Crippen LogP contribution in [0.2, 0.25) is 0 Å². The molecule has 0 bridgehead atoms. The highest BCUT2D eigenvalue weighted by molar-refractivity contribution is 5.86. The number of hydrogen-bond acceptors (Lipinski definition) is 10. The molecule has 0 spiro atoms. The SMILES string of the molecule is COC(=O)C1=C[C@H](N=[N+]=[N-])[C@@H](OC(C)=O)[C@@H]([C@H](COC(C)=O)OC(C)=O)O1. The van der Waals surface area contributed by atoms with E-state index in [1.807, 2.05) is 0 Å². The third-order valence-corrected chi connectivity index (χ3v) is 3.25. The molecule has 1 aliphatic heterocycles. The molecule has 0 N–H and O–H groups in total. The van der Waals surface area contributed by atoms with E-state index in [4.69, 9.17) is 24.5 Å². The van der Waals surface area contributed by atoms with Crippen LogP contribution in [0.3, 0.4) is 0 Å². The van der Waals surface area contributed by atoms with Gasteiger partial charge < -0.3 is 23.7 Å². The highest BCUT2D eigenvalue weighted by atomic mass is 16.6. The fourth-order valence-electron chi connectivity index (χ4n) is 2.30. The monoisotopic (exact) mass is 385 g/mol. The van der Waals surface area contributed by atoms with Crippen LogP contribution in [0.1, 0.15) is 20.8 Å². The Morgan fingerprint density at radius 1 is 1.22 bits per heavy atom. The first-order valence-corrected chi connectivity index (χ1v) is 7.68. The van der Waals surface area contributed by atoms with Gasteiger partial charge in [0.1, 0.15) is 12.6 Å². The summed E-state index contributed by atoms with van der Waals surface area (Å²) in [7, 11) is 1.10. The van der Waals surface area contributed by atoms with Crippen molar-refractivity contribution in [3.8, 4) is 0 Å². The number of rotatable bonds is 7. The van der Waals surface area contributed by atoms with Crippen molar-refractivity contribution in [1.29, 1.82) is 0 Å². The van der Waals surface area contributed by atoms with Crippen molar-refractivity contribution in [2.45, 2.75) is 45.1 Å². The van der Waals surface area contributed by atoms with Crippen LogP contribution in [-0.4, -0.2) is 61.9 Å². The zero-order valence-electron chi connectivity index (χ0n) is 15.1. The summed E-state index contributed by atoms with van der Waals surface area (Å²) < 4.78 is 25.1. The molecule has 0 saturated heterocycles. The van der Waals surface area contributed by atoms with Crippen LogP contribution in [0, 0.1) is 0 Å². The summed E-state index contributed by atoms with van der Waals surface area (Å²) in [4.78, 5) is 48.5. The number of methoxy groups -OCH3 is 1. The first kappa shape index (κ1) is 21.8. The third kappa shape index (κ3) is 6.51. The topological polar surface area (TPSA) is 163 Å². The molecule has 12 nitrogen and oxygen atoms in total. The molecule has 0 amide bonds. The molecule has 0 saturated carbocycles. The van der Waals surface area contributed by atoms with Crippen LogP contribution in [0.5, 0.6) is 0 Å². The van der Waals surface area contributed by atoms with E-state index in [2.05, 4.69) is 14.8 Å². The van der Waals surface area contributed by atoms with Gasteiger partial charge in [-0.05, 0) is 11.6 Å². The van der Waals surface area contributed by atoms with Crippen molar-refractivity contribution in [2.24, 2.45) is 5.11 Å². The van der Waals surface area contributed by atoms with E-state index >= 15 is 0 Å². The molecule has 0 aliphatic carbocycles. The number of esters is 4. The Bertz CT molecular complexity index is 684. The number of nitrogens with zero attached hydrogens (tertiary/aromatic N) is 3. The molecular weight excluding hydrogens is 366 g/mol. The van der Waals surface area contributed by atoms with E-state index in [1.54, 1.807) is 0 Å². The van der Waals surface area contributed by atoms with E-state index in [0.717, 1.165) is 34.0 Å². The number of carbonyl (C=O) groups is 4. The summed E-state index contributed by atoms with van der Waals surface area (Å²) in [5.74, 6) is -3.39. The predicted octanol–water partition coefficient (Wildman–Crippen LogP) is 0.547. The molecule has 0 unspecified atom stereocenters. The van der Waals surface area contributed by atoms with Crippen molar-refractivity contribution in [2.75, 3.05) is 13.7 Å². The van der Waals surface area contributed by atoms with E-state index < -0.39 is 54.8 Å². The van der Waals surface area contributed by atoms with Gasteiger partial charge in [0.15, 0.2) is 18.3 Å². The van der Waals surface area contributed by atoms with Crippen molar-refractivity contribution in [3.05, 3.63) is 22.3 Å². The van der Waals surface area contributed by atoms with Crippen LogP contribution >= 0.6 is 0 Å². The quantitative estimate of drug-likeness (QED) is 0.200. The Balaban J connectivity index is 3.34. The largest absolute Gasteiger partial charge is 0.475 e. The molecular formula is C15H19N3O9. The average Bonchev–Trinajstić information content (AvgIpc) is 2.58. The molecule has 12 heteroatoms. The van der Waals surface area contributed by atoms with Gasteiger partial charge in [-0.25, -0.2) is 4.79 Å². The van der Waals surface area contributed by atoms with Gasteiger partial charge in [0.25, 0.3) is 0 Å². The van der Waals surface area contributed by atoms with Gasteiger partial charge in [-0.2, -0.15) is 0 Å². The molecule has 0 aromatic rings. The Kier molecular flexibility index (Phi) is 8.08. The number of azide groups is 1. The zero-order chi connectivity index (χ0) is 20.6. The summed E-state index contributed by atoms with van der Waals surface area (Å²) in [6, 6.07) is -1.16. The Morgan fingerprint density at radius 2 is 1.89 bits per heavy atom. The first-order chi connectivity index (χ1) is 12.7. The maximum atomic E-state index is 11.9. The van der Waals surface area contributed by atoms with Gasteiger partial charge in [-0.15, -0.1) is 0 Å². The van der Waals surface area contributed by atoms with E-state index in [0.29, 0.717) is 0 Å². The second-order valence-electron chi connectivity index (χ2n) is 5.32. The number of carbonyl (C=O) groups excluding carboxylic acids is 4. The van der Waals surface area contributed by atoms with E-state index in [1.165, 1.54) is 0 Å². The molecule has 1 heterocycles. The highest BCUT2D eigenvalue weighted by Crippen LogP contribution is 2.28. The summed E-state index contributed by atoms with van der Waals surface area (Å²) in [6.45, 7) is 2.90. The molecule has 148 valence electrons. The van der Waals surface area contributed by atoms with Crippen molar-refractivity contribution in [1.82, 2.24) is 0 Å². The fraction of sp³-hybridized carbons (Fsp3) is 0.600. The number of ether oxygens (including phenoxy) is 5. The van der Waals surface area contributed by atoms with E-state index in [9.17, 15) is 19.2 Å². The summed E-state index contributed by atoms with van der Waals surface area (Å²) >= 11 is 0. The lowest BCUT2D eigenvalue weighted by molar-refractivity contribution is -0.183. The predicted molar refractivity (Wildman–Crippen MR) is 85.6 cm³/mol. The molecule has 1 aliphatic rings. The maximum absolute atomic E-state index is 11.9. The van der Waals surface area contributed by atoms with Crippen molar-refractivity contribution < 1.29 is 42.9 Å². The highest BCUT2D eigenvalue weighted by Gasteiger charge is 2.45. The van der Waals surface area contributed by atoms with Crippen LogP contribution in [0.15, 0.2) is 16.9 Å². The first-order valence-electron chi connectivity index (χ1n) is 7.68. The fourth-order valence-corrected chi connectivity index (χ4v) is 2.30. The van der Waals surface area contributed by atoms with Crippen LogP contribution in [0.25, 0.3) is 10.4 Å². The normalized spacial score (nSPS) is 22.1. The molecule has 0 aromatic carbocycles. The Hall–Kier alpha value is -3.27. The Morgan fingerprint density at radius 3 is 2.37 bits per heavy atom. The van der Waals surface area contributed by atoms with Crippen molar-refractivity contribution in [3.63, 3.8) is 0 Å². The van der Waals surface area contributed by atoms with Gasteiger partial charge in [-0.3, -0.25) is 14.4 Å². The minimum absolute atomic E-state index is 0.344. The second-order valence-corrected chi connectivity index (χ2v) is 5.32. The lowest BCUT2D eigenvalue weighted by Gasteiger charge is -2.37. The average molecular weight is 385 g/mol. The molecule has 4 atom stereocenters. The summed E-state index contributed by atoms with van der Waals surface area (Å²) in [5, 5.41) is 3.48. The van der Waals surface area contributed by atoms with Crippen LogP contribution in [0.4, 0.5) is 0 Å². The van der Waals surface area contributed by atoms with E-state index in [-0.39, 0.29) is 5.76 Å². The third-order valence-electron chi connectivity index (χ3n) is 3.25. The standard InChI is InChI=1S/C15H19N3O9/c1-7(19)24-6-12(25-8(2)20)14-13(26-9(3)21)10(17-18-16)5-11(27-14)15(22)23-4/h5,10,12-14H,6H2,1-4H3/t10-,12-,13+,14+/m0/s1. The lowest BCUT2D eigenvalue weighted by atomic mass is 9.97. The Labute approximate surface area is 154 Å². The molecule has 0 radical (unpaired) electrons.